The summed E-state index contributed by atoms with van der Waals surface area (Å²) >= 11 is 0. The van der Waals surface area contributed by atoms with Gasteiger partial charge in [-0.25, -0.2) is 0 Å². The van der Waals surface area contributed by atoms with Gasteiger partial charge in [0.05, 0.1) is 12.1 Å². The molecule has 1 rings (SSSR count). The second kappa shape index (κ2) is 3.00. The molecule has 0 unspecified atom stereocenters. The van der Waals surface area contributed by atoms with Gasteiger partial charge in [-0.15, -0.1) is 0 Å². The first kappa shape index (κ1) is 8.20. The maximum atomic E-state index is 11.1. The molecule has 2 atom stereocenters. The number of rotatable bonds is 2. The summed E-state index contributed by atoms with van der Waals surface area (Å²) in [6, 6.07) is -0.714. The predicted molar refractivity (Wildman–Crippen MR) is 39.8 cm³/mol. The van der Waals surface area contributed by atoms with E-state index in [1.807, 2.05) is 0 Å². The van der Waals surface area contributed by atoms with Crippen LogP contribution in [-0.2, 0) is 9.59 Å². The zero-order valence-electron chi connectivity index (χ0n) is 6.49. The Labute approximate surface area is 65.3 Å². The first-order chi connectivity index (χ1) is 5.16. The van der Waals surface area contributed by atoms with Crippen LogP contribution >= 0.6 is 0 Å². The lowest BCUT2D eigenvalue weighted by atomic mass is 10.3. The van der Waals surface area contributed by atoms with Crippen molar-refractivity contribution in [3.05, 3.63) is 0 Å². The number of nitrogens with two attached hydrogens (primary N) is 1. The number of nitrogens with zero attached hydrogens (tertiary/aromatic N) is 1. The Morgan fingerprint density at radius 2 is 2.45 bits per heavy atom. The van der Waals surface area contributed by atoms with Gasteiger partial charge in [0, 0.05) is 6.54 Å². The summed E-state index contributed by atoms with van der Waals surface area (Å²) in [4.78, 5) is 23.0. The number of likely N-dealkylation sites (tertiary alicyclic amines) is 1. The average molecular weight is 156 g/mol. The largest absolute Gasteiger partial charge is 0.332 e. The molecular weight excluding hydrogens is 144 g/mol. The Kier molecular flexibility index (Phi) is 2.24. The summed E-state index contributed by atoms with van der Waals surface area (Å²) in [5.41, 5.74) is 5.45. The molecule has 0 spiro atoms. The third-order valence-electron chi connectivity index (χ3n) is 1.97. The van der Waals surface area contributed by atoms with E-state index in [0.717, 1.165) is 6.29 Å². The molecule has 11 heavy (non-hydrogen) atoms. The Bertz CT molecular complexity index is 181. The van der Waals surface area contributed by atoms with Crippen LogP contribution in [0.2, 0.25) is 0 Å². The van der Waals surface area contributed by atoms with Crippen LogP contribution in [0.1, 0.15) is 13.3 Å². The molecule has 1 aliphatic heterocycles. The van der Waals surface area contributed by atoms with E-state index >= 15 is 0 Å². The third-order valence-corrected chi connectivity index (χ3v) is 1.97. The molecule has 0 aromatic carbocycles. The molecule has 0 aromatic heterocycles. The lowest BCUT2D eigenvalue weighted by Gasteiger charge is -2.18. The van der Waals surface area contributed by atoms with Crippen molar-refractivity contribution < 1.29 is 9.59 Å². The van der Waals surface area contributed by atoms with Crippen molar-refractivity contribution in [1.82, 2.24) is 4.90 Å². The first-order valence-corrected chi connectivity index (χ1v) is 3.68. The van der Waals surface area contributed by atoms with Crippen molar-refractivity contribution in [2.45, 2.75) is 25.4 Å². The lowest BCUT2D eigenvalue weighted by Crippen LogP contribution is -2.40. The second-order valence-electron chi connectivity index (χ2n) is 2.80. The van der Waals surface area contributed by atoms with E-state index in [0.29, 0.717) is 13.0 Å². The van der Waals surface area contributed by atoms with Gasteiger partial charge in [0.25, 0.3) is 0 Å². The summed E-state index contributed by atoms with van der Waals surface area (Å²) < 4.78 is 0. The number of hydrogen-bond acceptors (Lipinski definition) is 3. The molecular formula is C7H12N2O2. The van der Waals surface area contributed by atoms with Crippen molar-refractivity contribution in [3.63, 3.8) is 0 Å². The van der Waals surface area contributed by atoms with Crippen molar-refractivity contribution in [3.8, 4) is 0 Å². The molecule has 1 heterocycles. The number of amides is 1. The van der Waals surface area contributed by atoms with Crippen molar-refractivity contribution in [1.29, 1.82) is 0 Å². The first-order valence-electron chi connectivity index (χ1n) is 3.68. The van der Waals surface area contributed by atoms with Crippen molar-refractivity contribution in [2.24, 2.45) is 5.73 Å². The highest BCUT2D eigenvalue weighted by molar-refractivity contribution is 5.86. The van der Waals surface area contributed by atoms with Crippen LogP contribution in [-0.4, -0.2) is 35.7 Å². The van der Waals surface area contributed by atoms with Crippen molar-refractivity contribution in [2.75, 3.05) is 6.54 Å². The zero-order valence-corrected chi connectivity index (χ0v) is 6.49. The fourth-order valence-corrected chi connectivity index (χ4v) is 1.20. The molecule has 1 saturated heterocycles. The van der Waals surface area contributed by atoms with Crippen LogP contribution in [0, 0.1) is 0 Å². The number of hydrogen-bond donors (Lipinski definition) is 1. The van der Waals surface area contributed by atoms with Crippen LogP contribution in [0.5, 0.6) is 0 Å². The molecule has 1 aliphatic rings. The van der Waals surface area contributed by atoms with Gasteiger partial charge in [0.1, 0.15) is 6.29 Å². The minimum atomic E-state index is -0.391. The van der Waals surface area contributed by atoms with Gasteiger partial charge in [0.15, 0.2) is 0 Å². The molecule has 1 amide bonds. The van der Waals surface area contributed by atoms with Gasteiger partial charge in [-0.1, -0.05) is 0 Å². The van der Waals surface area contributed by atoms with Crippen LogP contribution < -0.4 is 5.73 Å². The summed E-state index contributed by atoms with van der Waals surface area (Å²) in [5.74, 6) is -0.107. The monoisotopic (exact) mass is 156 g/mol. The van der Waals surface area contributed by atoms with E-state index in [-0.39, 0.29) is 11.9 Å². The molecule has 62 valence electrons. The lowest BCUT2D eigenvalue weighted by molar-refractivity contribution is -0.133. The third kappa shape index (κ3) is 1.40. The van der Waals surface area contributed by atoms with E-state index in [9.17, 15) is 9.59 Å². The zero-order chi connectivity index (χ0) is 8.43. The quantitative estimate of drug-likeness (QED) is 0.529. The summed E-state index contributed by atoms with van der Waals surface area (Å²) in [5, 5.41) is 0. The van der Waals surface area contributed by atoms with E-state index in [2.05, 4.69) is 0 Å². The van der Waals surface area contributed by atoms with Gasteiger partial charge in [-0.2, -0.15) is 0 Å². The standard InChI is InChI=1S/C7H12N2O2/c1-5(4-10)9-3-2-6(8)7(9)11/h4-6H,2-3,8H2,1H3/t5-,6+/m0/s1. The molecule has 2 N–H and O–H groups in total. The van der Waals surface area contributed by atoms with Gasteiger partial charge < -0.3 is 15.4 Å². The second-order valence-corrected chi connectivity index (χ2v) is 2.80. The normalized spacial score (nSPS) is 27.3. The summed E-state index contributed by atoms with van der Waals surface area (Å²) in [6.45, 7) is 2.31. The van der Waals surface area contributed by atoms with E-state index in [1.54, 1.807) is 6.92 Å². The predicted octanol–water partition coefficient (Wildman–Crippen LogP) is -0.867. The van der Waals surface area contributed by atoms with Gasteiger partial charge >= 0.3 is 0 Å². The smallest absolute Gasteiger partial charge is 0.240 e. The molecule has 0 aromatic rings. The minimum absolute atomic E-state index is 0.107. The van der Waals surface area contributed by atoms with Gasteiger partial charge in [-0.05, 0) is 13.3 Å². The van der Waals surface area contributed by atoms with Crippen LogP contribution in [0.25, 0.3) is 0 Å². The summed E-state index contributed by atoms with van der Waals surface area (Å²) in [7, 11) is 0. The highest BCUT2D eigenvalue weighted by Crippen LogP contribution is 2.11. The average Bonchev–Trinajstić information content (AvgIpc) is 2.32. The molecule has 4 heteroatoms. The molecule has 0 bridgehead atoms. The summed E-state index contributed by atoms with van der Waals surface area (Å²) in [6.07, 6.45) is 1.42. The van der Waals surface area contributed by atoms with Crippen LogP contribution in [0.15, 0.2) is 0 Å². The van der Waals surface area contributed by atoms with E-state index < -0.39 is 6.04 Å². The Morgan fingerprint density at radius 3 is 2.82 bits per heavy atom. The fourth-order valence-electron chi connectivity index (χ4n) is 1.20. The van der Waals surface area contributed by atoms with E-state index in [1.165, 1.54) is 4.90 Å². The minimum Gasteiger partial charge on any atom is -0.332 e. The van der Waals surface area contributed by atoms with Crippen LogP contribution in [0.3, 0.4) is 0 Å². The number of carbonyl (C=O) groups is 2. The van der Waals surface area contributed by atoms with E-state index in [4.69, 9.17) is 5.73 Å². The Morgan fingerprint density at radius 1 is 1.82 bits per heavy atom. The van der Waals surface area contributed by atoms with Crippen molar-refractivity contribution >= 4 is 12.2 Å². The fraction of sp³-hybridized carbons (Fsp3) is 0.714. The molecule has 1 fully saturated rings. The highest BCUT2D eigenvalue weighted by atomic mass is 16.2. The topological polar surface area (TPSA) is 63.4 Å². The SMILES string of the molecule is C[C@@H](C=O)N1CC[C@@H](N)C1=O. The number of aldehydes is 1. The number of carbonyl (C=O) groups excluding carboxylic acids is 2. The maximum Gasteiger partial charge on any atom is 0.240 e. The van der Waals surface area contributed by atoms with Gasteiger partial charge in [0.2, 0.25) is 5.91 Å². The molecule has 4 nitrogen and oxygen atoms in total. The molecule has 0 radical (unpaired) electrons. The molecule has 0 saturated carbocycles. The highest BCUT2D eigenvalue weighted by Gasteiger charge is 2.31. The van der Waals surface area contributed by atoms with Gasteiger partial charge in [-0.3, -0.25) is 4.79 Å². The molecule has 0 aliphatic carbocycles. The van der Waals surface area contributed by atoms with Crippen LogP contribution in [0.4, 0.5) is 0 Å². The maximum absolute atomic E-state index is 11.1. The Hall–Kier alpha value is -0.900. The Balaban J connectivity index is 2.61.